The molecule has 4 nitrogen and oxygen atoms in total. The highest BCUT2D eigenvalue weighted by atomic mass is 19.1. The number of halogens is 1. The molecule has 140 valence electrons. The highest BCUT2D eigenvalue weighted by Gasteiger charge is 2.20. The lowest BCUT2D eigenvalue weighted by Gasteiger charge is -2.26. The van der Waals surface area contributed by atoms with Crippen molar-refractivity contribution >= 4 is 0 Å². The van der Waals surface area contributed by atoms with Crippen LogP contribution >= 0.6 is 0 Å². The van der Waals surface area contributed by atoms with Gasteiger partial charge in [-0.1, -0.05) is 18.2 Å². The van der Waals surface area contributed by atoms with Crippen molar-refractivity contribution in [1.82, 2.24) is 4.90 Å². The van der Waals surface area contributed by atoms with E-state index in [1.54, 1.807) is 7.11 Å². The van der Waals surface area contributed by atoms with Crippen molar-refractivity contribution in [3.63, 3.8) is 0 Å². The smallest absolute Gasteiger partial charge is 0.124 e. The first-order valence-electron chi connectivity index (χ1n) is 9.03. The molecule has 0 radical (unpaired) electrons. The normalized spacial score (nSPS) is 17.0. The van der Waals surface area contributed by atoms with Gasteiger partial charge in [-0.3, -0.25) is 4.90 Å². The molecule has 0 bridgehead atoms. The summed E-state index contributed by atoms with van der Waals surface area (Å²) in [6, 6.07) is 12.5. The first kappa shape index (κ1) is 18.8. The summed E-state index contributed by atoms with van der Waals surface area (Å²) in [4.78, 5) is 2.31. The fraction of sp³-hybridized carbons (Fsp3) is 0.429. The Morgan fingerprint density at radius 1 is 1.15 bits per heavy atom. The Labute approximate surface area is 154 Å². The minimum absolute atomic E-state index is 0.0548. The first-order chi connectivity index (χ1) is 12.7. The van der Waals surface area contributed by atoms with Gasteiger partial charge in [-0.25, -0.2) is 4.39 Å². The van der Waals surface area contributed by atoms with Crippen molar-refractivity contribution in [1.29, 1.82) is 0 Å². The predicted octanol–water partition coefficient (Wildman–Crippen LogP) is 3.51. The van der Waals surface area contributed by atoms with E-state index >= 15 is 0 Å². The summed E-state index contributed by atoms with van der Waals surface area (Å²) in [6.45, 7) is 3.06. The van der Waals surface area contributed by atoms with Crippen molar-refractivity contribution in [2.45, 2.75) is 38.6 Å². The summed E-state index contributed by atoms with van der Waals surface area (Å²) >= 11 is 0. The van der Waals surface area contributed by atoms with E-state index in [0.29, 0.717) is 5.75 Å². The lowest BCUT2D eigenvalue weighted by Crippen LogP contribution is -2.31. The summed E-state index contributed by atoms with van der Waals surface area (Å²) < 4.78 is 24.3. The maximum atomic E-state index is 13.2. The van der Waals surface area contributed by atoms with Crippen LogP contribution in [0.4, 0.5) is 4.39 Å². The second-order valence-corrected chi connectivity index (χ2v) is 6.74. The molecule has 1 aliphatic heterocycles. The zero-order valence-electron chi connectivity index (χ0n) is 15.2. The fourth-order valence-corrected chi connectivity index (χ4v) is 3.42. The Hall–Kier alpha value is -1.95. The maximum Gasteiger partial charge on any atom is 0.124 e. The van der Waals surface area contributed by atoms with Crippen molar-refractivity contribution in [3.05, 3.63) is 65.0 Å². The molecule has 26 heavy (non-hydrogen) atoms. The number of rotatable bonds is 8. The van der Waals surface area contributed by atoms with Crippen LogP contribution in [-0.2, 0) is 24.4 Å². The quantitative estimate of drug-likeness (QED) is 0.783. The van der Waals surface area contributed by atoms with Crippen LogP contribution in [-0.4, -0.2) is 36.4 Å². The second-order valence-electron chi connectivity index (χ2n) is 6.74. The standard InChI is InChI=1S/C21H26FNO3/c1-25-21-9-6-17(11-18(21)15-24)13-23(14-20-3-2-10-26-20)12-16-4-7-19(22)8-5-16/h4-9,11,20,24H,2-3,10,12-15H2,1H3/t20-/m1/s1. The van der Waals surface area contributed by atoms with Crippen LogP contribution in [0.2, 0.25) is 0 Å². The molecule has 0 aromatic heterocycles. The molecule has 1 aliphatic rings. The number of nitrogens with zero attached hydrogens (tertiary/aromatic N) is 1. The number of hydrogen-bond acceptors (Lipinski definition) is 4. The lowest BCUT2D eigenvalue weighted by atomic mass is 10.1. The number of methoxy groups -OCH3 is 1. The topological polar surface area (TPSA) is 41.9 Å². The van der Waals surface area contributed by atoms with Gasteiger partial charge < -0.3 is 14.6 Å². The van der Waals surface area contributed by atoms with Gasteiger partial charge in [0.15, 0.2) is 0 Å². The molecule has 5 heteroatoms. The van der Waals surface area contributed by atoms with Gasteiger partial charge in [-0.2, -0.15) is 0 Å². The van der Waals surface area contributed by atoms with Gasteiger partial charge in [0, 0.05) is 31.8 Å². The Kier molecular flexibility index (Phi) is 6.61. The third kappa shape index (κ3) is 5.04. The number of aliphatic hydroxyl groups is 1. The SMILES string of the molecule is COc1ccc(CN(Cc2ccc(F)cc2)C[C@H]2CCCO2)cc1CO. The van der Waals surface area contributed by atoms with Gasteiger partial charge in [-0.15, -0.1) is 0 Å². The molecule has 0 aliphatic carbocycles. The summed E-state index contributed by atoms with van der Waals surface area (Å²) in [5, 5.41) is 9.55. The van der Waals surface area contributed by atoms with E-state index in [2.05, 4.69) is 4.90 Å². The van der Waals surface area contributed by atoms with Crippen molar-refractivity contribution in [3.8, 4) is 5.75 Å². The van der Waals surface area contributed by atoms with E-state index in [9.17, 15) is 9.50 Å². The largest absolute Gasteiger partial charge is 0.496 e. The molecule has 2 aromatic carbocycles. The van der Waals surface area contributed by atoms with E-state index in [-0.39, 0.29) is 18.5 Å². The maximum absolute atomic E-state index is 13.2. The van der Waals surface area contributed by atoms with Gasteiger partial charge in [-0.05, 0) is 48.2 Å². The van der Waals surface area contributed by atoms with Crippen LogP contribution in [0, 0.1) is 5.82 Å². The van der Waals surface area contributed by atoms with Crippen LogP contribution in [0.25, 0.3) is 0 Å². The molecule has 3 rings (SSSR count). The molecule has 0 saturated carbocycles. The highest BCUT2D eigenvalue weighted by molar-refractivity contribution is 5.36. The summed E-state index contributed by atoms with van der Waals surface area (Å²) in [5.74, 6) is 0.475. The van der Waals surface area contributed by atoms with Gasteiger partial charge in [0.2, 0.25) is 0 Å². The monoisotopic (exact) mass is 359 g/mol. The molecular formula is C21H26FNO3. The number of benzene rings is 2. The predicted molar refractivity (Wildman–Crippen MR) is 98.4 cm³/mol. The molecule has 1 atom stereocenters. The van der Waals surface area contributed by atoms with Crippen LogP contribution in [0.1, 0.15) is 29.5 Å². The van der Waals surface area contributed by atoms with E-state index < -0.39 is 0 Å². The molecular weight excluding hydrogens is 333 g/mol. The van der Waals surface area contributed by atoms with E-state index in [1.807, 2.05) is 30.3 Å². The fourth-order valence-electron chi connectivity index (χ4n) is 3.42. The van der Waals surface area contributed by atoms with Crippen molar-refractivity contribution < 1.29 is 19.0 Å². The number of hydrogen-bond donors (Lipinski definition) is 1. The Morgan fingerprint density at radius 3 is 2.54 bits per heavy atom. The Morgan fingerprint density at radius 2 is 1.88 bits per heavy atom. The first-order valence-corrected chi connectivity index (χ1v) is 9.03. The average Bonchev–Trinajstić information content (AvgIpc) is 3.16. The molecule has 0 unspecified atom stereocenters. The molecule has 0 spiro atoms. The lowest BCUT2D eigenvalue weighted by molar-refractivity contribution is 0.0679. The number of aliphatic hydroxyl groups excluding tert-OH is 1. The zero-order chi connectivity index (χ0) is 18.4. The van der Waals surface area contributed by atoms with Crippen LogP contribution in [0.3, 0.4) is 0 Å². The molecule has 2 aromatic rings. The molecule has 1 N–H and O–H groups in total. The molecule has 1 fully saturated rings. The van der Waals surface area contributed by atoms with Crippen molar-refractivity contribution in [2.24, 2.45) is 0 Å². The van der Waals surface area contributed by atoms with Gasteiger partial charge >= 0.3 is 0 Å². The summed E-state index contributed by atoms with van der Waals surface area (Å²) in [6.07, 6.45) is 2.42. The van der Waals surface area contributed by atoms with E-state index in [0.717, 1.165) is 55.8 Å². The highest BCUT2D eigenvalue weighted by Crippen LogP contribution is 2.22. The van der Waals surface area contributed by atoms with Gasteiger partial charge in [0.05, 0.1) is 19.8 Å². The van der Waals surface area contributed by atoms with Gasteiger partial charge in [0.1, 0.15) is 11.6 Å². The molecule has 1 saturated heterocycles. The summed E-state index contributed by atoms with van der Waals surface area (Å²) in [7, 11) is 1.60. The number of ether oxygens (including phenoxy) is 2. The Bertz CT molecular complexity index is 699. The van der Waals surface area contributed by atoms with Crippen LogP contribution in [0.15, 0.2) is 42.5 Å². The average molecular weight is 359 g/mol. The zero-order valence-corrected chi connectivity index (χ0v) is 15.2. The minimum atomic E-state index is -0.220. The van der Waals surface area contributed by atoms with E-state index in [4.69, 9.17) is 9.47 Å². The minimum Gasteiger partial charge on any atom is -0.496 e. The molecule has 0 amide bonds. The summed E-state index contributed by atoms with van der Waals surface area (Å²) in [5.41, 5.74) is 2.96. The third-order valence-electron chi connectivity index (χ3n) is 4.73. The van der Waals surface area contributed by atoms with Crippen LogP contribution in [0.5, 0.6) is 5.75 Å². The van der Waals surface area contributed by atoms with E-state index in [1.165, 1.54) is 12.1 Å². The van der Waals surface area contributed by atoms with Crippen LogP contribution < -0.4 is 4.74 Å². The van der Waals surface area contributed by atoms with Crippen molar-refractivity contribution in [2.75, 3.05) is 20.3 Å². The third-order valence-corrected chi connectivity index (χ3v) is 4.73. The second kappa shape index (κ2) is 9.12. The van der Waals surface area contributed by atoms with Gasteiger partial charge in [0.25, 0.3) is 0 Å². The molecule has 1 heterocycles. The Balaban J connectivity index is 1.74.